The second-order valence-electron chi connectivity index (χ2n) is 4.63. The van der Waals surface area contributed by atoms with E-state index in [2.05, 4.69) is 10.1 Å². The van der Waals surface area contributed by atoms with Gasteiger partial charge in [-0.05, 0) is 32.0 Å². The summed E-state index contributed by atoms with van der Waals surface area (Å²) < 4.78 is 1.72. The fraction of sp³-hybridized carbons (Fsp3) is 0.143. The van der Waals surface area contributed by atoms with Gasteiger partial charge in [0, 0.05) is 29.5 Å². The van der Waals surface area contributed by atoms with Gasteiger partial charge in [0.05, 0.1) is 21.7 Å². The third-order valence-electron chi connectivity index (χ3n) is 3.16. The van der Waals surface area contributed by atoms with Crippen molar-refractivity contribution < 1.29 is 4.92 Å². The number of benzene rings is 1. The van der Waals surface area contributed by atoms with Gasteiger partial charge in [0.1, 0.15) is 0 Å². The smallest absolute Gasteiger partial charge is 0.261 e. The highest BCUT2D eigenvalue weighted by Gasteiger charge is 2.16. The predicted molar refractivity (Wildman–Crippen MR) is 75.0 cm³/mol. The highest BCUT2D eigenvalue weighted by Crippen LogP contribution is 2.30. The standard InChI is InChI=1S/C14H12N4O2/c1-9-5-6-17(16-9)13-3-4-14(18(19)20)12-8-15-10(2)7-11(12)13/h3-8H,1-2H3. The van der Waals surface area contributed by atoms with Gasteiger partial charge in [0.15, 0.2) is 0 Å². The van der Waals surface area contributed by atoms with Crippen LogP contribution in [0.15, 0.2) is 36.7 Å². The molecule has 1 aromatic carbocycles. The second-order valence-corrected chi connectivity index (χ2v) is 4.63. The molecule has 3 aromatic rings. The molecule has 6 nitrogen and oxygen atoms in total. The van der Waals surface area contributed by atoms with Gasteiger partial charge in [-0.25, -0.2) is 4.68 Å². The van der Waals surface area contributed by atoms with Crippen LogP contribution in [0, 0.1) is 24.0 Å². The Morgan fingerprint density at radius 3 is 2.60 bits per heavy atom. The maximum Gasteiger partial charge on any atom is 0.278 e. The molecule has 0 aliphatic heterocycles. The van der Waals surface area contributed by atoms with E-state index >= 15 is 0 Å². The molecule has 0 aliphatic carbocycles. The van der Waals surface area contributed by atoms with Crippen molar-refractivity contribution >= 4 is 16.5 Å². The molecule has 0 amide bonds. The van der Waals surface area contributed by atoms with Crippen molar-refractivity contribution in [3.63, 3.8) is 0 Å². The molecule has 0 spiro atoms. The fourth-order valence-electron chi connectivity index (χ4n) is 2.22. The number of non-ortho nitro benzene ring substituents is 1. The molecule has 2 aromatic heterocycles. The zero-order valence-corrected chi connectivity index (χ0v) is 11.1. The summed E-state index contributed by atoms with van der Waals surface area (Å²) in [6, 6.07) is 6.94. The third-order valence-corrected chi connectivity index (χ3v) is 3.16. The summed E-state index contributed by atoms with van der Waals surface area (Å²) in [5, 5.41) is 16.8. The highest BCUT2D eigenvalue weighted by atomic mass is 16.6. The third kappa shape index (κ3) is 1.91. The van der Waals surface area contributed by atoms with Crippen LogP contribution in [0.2, 0.25) is 0 Å². The number of rotatable bonds is 2. The SMILES string of the molecule is Cc1cc2c(-n3ccc(C)n3)ccc([N+](=O)[O-])c2cn1. The summed E-state index contributed by atoms with van der Waals surface area (Å²) in [5.74, 6) is 0. The minimum Gasteiger partial charge on any atom is -0.261 e. The minimum atomic E-state index is -0.391. The van der Waals surface area contributed by atoms with Gasteiger partial charge in [-0.15, -0.1) is 0 Å². The average Bonchev–Trinajstić information content (AvgIpc) is 2.83. The Balaban J connectivity index is 2.36. The lowest BCUT2D eigenvalue weighted by Gasteiger charge is -2.07. The second kappa shape index (κ2) is 4.41. The Hall–Kier alpha value is -2.76. The average molecular weight is 268 g/mol. The van der Waals surface area contributed by atoms with Crippen LogP contribution in [0.25, 0.3) is 16.5 Å². The zero-order valence-electron chi connectivity index (χ0n) is 11.1. The molecule has 0 saturated heterocycles. The molecule has 0 aliphatic rings. The number of aryl methyl sites for hydroxylation is 2. The molecule has 0 unspecified atom stereocenters. The lowest BCUT2D eigenvalue weighted by Crippen LogP contribution is -1.99. The topological polar surface area (TPSA) is 73.8 Å². The predicted octanol–water partition coefficient (Wildman–Crippen LogP) is 2.95. The van der Waals surface area contributed by atoms with E-state index in [1.165, 1.54) is 6.07 Å². The highest BCUT2D eigenvalue weighted by molar-refractivity contribution is 5.96. The molecule has 2 heterocycles. The number of hydrogen-bond donors (Lipinski definition) is 0. The molecule has 0 radical (unpaired) electrons. The first-order valence-corrected chi connectivity index (χ1v) is 6.12. The van der Waals surface area contributed by atoms with Gasteiger partial charge in [-0.1, -0.05) is 0 Å². The van der Waals surface area contributed by atoms with E-state index in [9.17, 15) is 10.1 Å². The van der Waals surface area contributed by atoms with Crippen molar-refractivity contribution in [1.29, 1.82) is 0 Å². The fourth-order valence-corrected chi connectivity index (χ4v) is 2.22. The lowest BCUT2D eigenvalue weighted by atomic mass is 10.1. The van der Waals surface area contributed by atoms with Crippen LogP contribution in [0.3, 0.4) is 0 Å². The molecule has 0 atom stereocenters. The first-order chi connectivity index (χ1) is 9.56. The van der Waals surface area contributed by atoms with Crippen molar-refractivity contribution in [1.82, 2.24) is 14.8 Å². The first-order valence-electron chi connectivity index (χ1n) is 6.12. The summed E-state index contributed by atoms with van der Waals surface area (Å²) in [6.45, 7) is 3.76. The van der Waals surface area contributed by atoms with E-state index in [1.807, 2.05) is 32.2 Å². The Morgan fingerprint density at radius 1 is 1.15 bits per heavy atom. The Labute approximate surface area is 114 Å². The van der Waals surface area contributed by atoms with Crippen LogP contribution in [-0.2, 0) is 0 Å². The van der Waals surface area contributed by atoms with Crippen molar-refractivity contribution in [2.24, 2.45) is 0 Å². The van der Waals surface area contributed by atoms with Gasteiger partial charge >= 0.3 is 0 Å². The van der Waals surface area contributed by atoms with E-state index in [0.29, 0.717) is 5.39 Å². The van der Waals surface area contributed by atoms with E-state index in [-0.39, 0.29) is 5.69 Å². The lowest BCUT2D eigenvalue weighted by molar-refractivity contribution is -0.383. The Morgan fingerprint density at radius 2 is 1.95 bits per heavy atom. The normalized spacial score (nSPS) is 10.9. The Kier molecular flexibility index (Phi) is 2.71. The van der Waals surface area contributed by atoms with Gasteiger partial charge in [0.25, 0.3) is 5.69 Å². The Bertz CT molecular complexity index is 823. The van der Waals surface area contributed by atoms with Crippen molar-refractivity contribution in [3.05, 3.63) is 58.2 Å². The van der Waals surface area contributed by atoms with E-state index in [4.69, 9.17) is 0 Å². The molecule has 0 N–H and O–H groups in total. The number of nitro groups is 1. The molecule has 3 rings (SSSR count). The van der Waals surface area contributed by atoms with Crippen LogP contribution in [0.1, 0.15) is 11.4 Å². The summed E-state index contributed by atoms with van der Waals surface area (Å²) in [6.07, 6.45) is 3.38. The van der Waals surface area contributed by atoms with E-state index in [0.717, 1.165) is 22.5 Å². The molecule has 0 saturated carbocycles. The van der Waals surface area contributed by atoms with Crippen LogP contribution in [0.4, 0.5) is 5.69 Å². The maximum absolute atomic E-state index is 11.1. The largest absolute Gasteiger partial charge is 0.278 e. The molecule has 6 heteroatoms. The quantitative estimate of drug-likeness (QED) is 0.529. The number of fused-ring (bicyclic) bond motifs is 1. The number of pyridine rings is 1. The summed E-state index contributed by atoms with van der Waals surface area (Å²) in [5.41, 5.74) is 2.56. The first kappa shape index (κ1) is 12.3. The minimum absolute atomic E-state index is 0.0557. The van der Waals surface area contributed by atoms with Crippen molar-refractivity contribution in [2.45, 2.75) is 13.8 Å². The summed E-state index contributed by atoms with van der Waals surface area (Å²) in [4.78, 5) is 14.9. The van der Waals surface area contributed by atoms with Gasteiger partial charge < -0.3 is 0 Å². The number of aromatic nitrogens is 3. The van der Waals surface area contributed by atoms with Crippen LogP contribution in [-0.4, -0.2) is 19.7 Å². The van der Waals surface area contributed by atoms with Crippen LogP contribution < -0.4 is 0 Å². The number of nitro benzene ring substituents is 1. The summed E-state index contributed by atoms with van der Waals surface area (Å²) >= 11 is 0. The van der Waals surface area contributed by atoms with Crippen LogP contribution in [0.5, 0.6) is 0 Å². The number of nitrogens with zero attached hydrogens (tertiary/aromatic N) is 4. The monoisotopic (exact) mass is 268 g/mol. The number of hydrogen-bond acceptors (Lipinski definition) is 4. The van der Waals surface area contributed by atoms with Gasteiger partial charge in [-0.3, -0.25) is 15.1 Å². The van der Waals surface area contributed by atoms with Crippen molar-refractivity contribution in [2.75, 3.05) is 0 Å². The van der Waals surface area contributed by atoms with Crippen molar-refractivity contribution in [3.8, 4) is 5.69 Å². The summed E-state index contributed by atoms with van der Waals surface area (Å²) in [7, 11) is 0. The molecular formula is C14H12N4O2. The van der Waals surface area contributed by atoms with Gasteiger partial charge in [0.2, 0.25) is 0 Å². The van der Waals surface area contributed by atoms with E-state index < -0.39 is 4.92 Å². The zero-order chi connectivity index (χ0) is 14.3. The maximum atomic E-state index is 11.1. The van der Waals surface area contributed by atoms with Gasteiger partial charge in [-0.2, -0.15) is 5.10 Å². The molecule has 0 fully saturated rings. The van der Waals surface area contributed by atoms with Crippen LogP contribution >= 0.6 is 0 Å². The molecule has 100 valence electrons. The molecule has 20 heavy (non-hydrogen) atoms. The molecular weight excluding hydrogens is 256 g/mol. The van der Waals surface area contributed by atoms with E-state index in [1.54, 1.807) is 16.9 Å². The molecule has 0 bridgehead atoms.